The van der Waals surface area contributed by atoms with Crippen LogP contribution in [0.15, 0.2) is 84.9 Å². The van der Waals surface area contributed by atoms with E-state index in [9.17, 15) is 0 Å². The molecule has 0 unspecified atom stereocenters. The predicted octanol–water partition coefficient (Wildman–Crippen LogP) is 5.97. The van der Waals surface area contributed by atoms with Crippen molar-refractivity contribution >= 4 is 33.2 Å². The van der Waals surface area contributed by atoms with E-state index in [1.807, 2.05) is 25.1 Å². The molecule has 3 N–H and O–H groups in total. The second kappa shape index (κ2) is 7.28. The molecular formula is C23H23N3. The fraction of sp³-hybridized carbons (Fsp3) is 0.0870. The molecule has 1 aromatic heterocycles. The first kappa shape index (κ1) is 17.5. The number of nitrogens with zero attached hydrogens (tertiary/aromatic N) is 1. The van der Waals surface area contributed by atoms with E-state index in [2.05, 4.69) is 65.7 Å². The van der Waals surface area contributed by atoms with Gasteiger partial charge in [-0.3, -0.25) is 0 Å². The van der Waals surface area contributed by atoms with Crippen molar-refractivity contribution in [2.75, 3.05) is 5.73 Å². The molecule has 3 aromatic carbocycles. The van der Waals surface area contributed by atoms with Gasteiger partial charge in [-0.05, 0) is 43.7 Å². The Bertz CT molecular complexity index is 1040. The van der Waals surface area contributed by atoms with Crippen molar-refractivity contribution in [2.45, 2.75) is 13.8 Å². The van der Waals surface area contributed by atoms with Gasteiger partial charge in [-0.1, -0.05) is 55.1 Å². The largest absolute Gasteiger partial charge is 0.397 e. The number of rotatable bonds is 2. The normalized spacial score (nSPS) is 10.4. The first-order valence-electron chi connectivity index (χ1n) is 8.55. The second-order valence-corrected chi connectivity index (χ2v) is 6.33. The fourth-order valence-corrected chi connectivity index (χ4v) is 2.87. The standard InChI is InChI=1S/C18H14N2.C5H9N/c19-15-9-3-6-12-18(15)20-16-10-4-1-7-13(16)14-8-2-5-11-17(14)20;1-4(2)5(3)6/h1-12H,19H2;6H,1H2,2-3H3. The summed E-state index contributed by atoms with van der Waals surface area (Å²) in [5, 5.41) is 9.36. The van der Waals surface area contributed by atoms with E-state index in [-0.39, 0.29) is 0 Å². The summed E-state index contributed by atoms with van der Waals surface area (Å²) in [6.07, 6.45) is 0. The van der Waals surface area contributed by atoms with Crippen molar-refractivity contribution in [1.29, 1.82) is 5.41 Å². The average molecular weight is 341 g/mol. The number of allylic oxidation sites excluding steroid dienone is 1. The molecule has 0 saturated heterocycles. The Labute approximate surface area is 153 Å². The molecule has 4 rings (SSSR count). The summed E-state index contributed by atoms with van der Waals surface area (Å²) in [7, 11) is 0. The van der Waals surface area contributed by atoms with E-state index in [4.69, 9.17) is 11.1 Å². The van der Waals surface area contributed by atoms with Crippen LogP contribution in [0.5, 0.6) is 0 Å². The third-order valence-electron chi connectivity index (χ3n) is 4.40. The summed E-state index contributed by atoms with van der Waals surface area (Å²) in [6, 6.07) is 24.9. The van der Waals surface area contributed by atoms with E-state index in [0.717, 1.165) is 16.9 Å². The van der Waals surface area contributed by atoms with E-state index in [1.54, 1.807) is 6.92 Å². The van der Waals surface area contributed by atoms with Crippen LogP contribution in [0, 0.1) is 5.41 Å². The number of hydrogen-bond donors (Lipinski definition) is 2. The number of para-hydroxylation sites is 4. The molecule has 0 bridgehead atoms. The van der Waals surface area contributed by atoms with Crippen LogP contribution in [-0.2, 0) is 0 Å². The van der Waals surface area contributed by atoms with Gasteiger partial charge >= 0.3 is 0 Å². The van der Waals surface area contributed by atoms with E-state index in [0.29, 0.717) is 5.71 Å². The molecule has 3 heteroatoms. The highest BCUT2D eigenvalue weighted by molar-refractivity contribution is 6.09. The lowest BCUT2D eigenvalue weighted by Crippen LogP contribution is -1.98. The SMILES string of the molecule is C=C(C)C(C)=N.Nc1ccccc1-n1c2ccccc2c2ccccc21. The minimum atomic E-state index is 0.565. The van der Waals surface area contributed by atoms with Crippen molar-refractivity contribution in [2.24, 2.45) is 0 Å². The van der Waals surface area contributed by atoms with Crippen molar-refractivity contribution < 1.29 is 0 Å². The maximum absolute atomic E-state index is 6.85. The molecule has 1 heterocycles. The molecule has 0 saturated carbocycles. The number of nitrogen functional groups attached to an aromatic ring is 1. The van der Waals surface area contributed by atoms with E-state index in [1.165, 1.54) is 21.8 Å². The summed E-state index contributed by atoms with van der Waals surface area (Å²) < 4.78 is 2.24. The summed E-state index contributed by atoms with van der Waals surface area (Å²) >= 11 is 0. The molecule has 0 amide bonds. The highest BCUT2D eigenvalue weighted by Crippen LogP contribution is 2.33. The third kappa shape index (κ3) is 3.24. The highest BCUT2D eigenvalue weighted by Gasteiger charge is 2.12. The zero-order valence-corrected chi connectivity index (χ0v) is 15.2. The Hall–Kier alpha value is -3.33. The average Bonchev–Trinajstić information content (AvgIpc) is 2.97. The van der Waals surface area contributed by atoms with Gasteiger partial charge in [0, 0.05) is 16.5 Å². The molecule has 130 valence electrons. The monoisotopic (exact) mass is 341 g/mol. The van der Waals surface area contributed by atoms with Crippen LogP contribution >= 0.6 is 0 Å². The quantitative estimate of drug-likeness (QED) is 0.342. The van der Waals surface area contributed by atoms with Crippen LogP contribution in [0.3, 0.4) is 0 Å². The fourth-order valence-electron chi connectivity index (χ4n) is 2.87. The van der Waals surface area contributed by atoms with Crippen molar-refractivity contribution in [1.82, 2.24) is 4.57 Å². The number of nitrogens with two attached hydrogens (primary N) is 1. The zero-order valence-electron chi connectivity index (χ0n) is 15.2. The van der Waals surface area contributed by atoms with E-state index >= 15 is 0 Å². The van der Waals surface area contributed by atoms with Gasteiger partial charge < -0.3 is 15.7 Å². The summed E-state index contributed by atoms with van der Waals surface area (Å²) in [5.41, 5.74) is 11.8. The summed E-state index contributed by atoms with van der Waals surface area (Å²) in [6.45, 7) is 7.08. The lowest BCUT2D eigenvalue weighted by atomic mass is 10.2. The van der Waals surface area contributed by atoms with Gasteiger partial charge in [0.05, 0.1) is 22.4 Å². The first-order chi connectivity index (χ1) is 12.5. The molecule has 26 heavy (non-hydrogen) atoms. The van der Waals surface area contributed by atoms with Gasteiger partial charge in [-0.25, -0.2) is 0 Å². The van der Waals surface area contributed by atoms with Gasteiger partial charge in [0.15, 0.2) is 0 Å². The first-order valence-corrected chi connectivity index (χ1v) is 8.55. The number of anilines is 1. The van der Waals surface area contributed by atoms with Crippen LogP contribution in [-0.4, -0.2) is 10.3 Å². The Morgan fingerprint density at radius 3 is 1.69 bits per heavy atom. The van der Waals surface area contributed by atoms with Crippen LogP contribution in [0.1, 0.15) is 13.8 Å². The molecule has 3 nitrogen and oxygen atoms in total. The third-order valence-corrected chi connectivity index (χ3v) is 4.40. The molecular weight excluding hydrogens is 318 g/mol. The molecule has 0 aliphatic heterocycles. The number of fused-ring (bicyclic) bond motifs is 3. The molecule has 0 atom stereocenters. The molecule has 0 radical (unpaired) electrons. The van der Waals surface area contributed by atoms with E-state index < -0.39 is 0 Å². The minimum absolute atomic E-state index is 0.565. The molecule has 0 spiro atoms. The maximum Gasteiger partial charge on any atom is 0.0691 e. The van der Waals surface area contributed by atoms with Crippen LogP contribution in [0.4, 0.5) is 5.69 Å². The van der Waals surface area contributed by atoms with Crippen LogP contribution in [0.25, 0.3) is 27.5 Å². The molecule has 0 aliphatic carbocycles. The number of aromatic nitrogens is 1. The van der Waals surface area contributed by atoms with Crippen molar-refractivity contribution in [3.63, 3.8) is 0 Å². The number of hydrogen-bond acceptors (Lipinski definition) is 2. The van der Waals surface area contributed by atoms with Gasteiger partial charge in [-0.15, -0.1) is 0 Å². The number of nitrogens with one attached hydrogen (secondary N) is 1. The van der Waals surface area contributed by atoms with Gasteiger partial charge in [0.2, 0.25) is 0 Å². The molecule has 4 aromatic rings. The molecule has 0 fully saturated rings. The van der Waals surface area contributed by atoms with Crippen LogP contribution in [0.2, 0.25) is 0 Å². The Morgan fingerprint density at radius 2 is 1.23 bits per heavy atom. The summed E-state index contributed by atoms with van der Waals surface area (Å²) in [5.74, 6) is 0. The Balaban J connectivity index is 0.000000286. The summed E-state index contributed by atoms with van der Waals surface area (Å²) in [4.78, 5) is 0. The van der Waals surface area contributed by atoms with Gasteiger partial charge in [0.1, 0.15) is 0 Å². The number of benzene rings is 3. The predicted molar refractivity (Wildman–Crippen MR) is 113 cm³/mol. The van der Waals surface area contributed by atoms with Gasteiger partial charge in [0.25, 0.3) is 0 Å². The van der Waals surface area contributed by atoms with Crippen molar-refractivity contribution in [3.8, 4) is 5.69 Å². The van der Waals surface area contributed by atoms with Gasteiger partial charge in [-0.2, -0.15) is 0 Å². The van der Waals surface area contributed by atoms with Crippen LogP contribution < -0.4 is 5.73 Å². The Kier molecular flexibility index (Phi) is 4.90. The Morgan fingerprint density at radius 1 is 0.808 bits per heavy atom. The van der Waals surface area contributed by atoms with Crippen molar-refractivity contribution in [3.05, 3.63) is 84.9 Å². The second-order valence-electron chi connectivity index (χ2n) is 6.33. The smallest absolute Gasteiger partial charge is 0.0691 e. The molecule has 0 aliphatic rings. The highest BCUT2D eigenvalue weighted by atomic mass is 15.0. The minimum Gasteiger partial charge on any atom is -0.397 e. The zero-order chi connectivity index (χ0) is 18.7. The topological polar surface area (TPSA) is 54.8 Å². The maximum atomic E-state index is 6.85. The lowest BCUT2D eigenvalue weighted by Gasteiger charge is -2.10. The lowest BCUT2D eigenvalue weighted by molar-refractivity contribution is 1.18.